The molecule has 7 heteroatoms. The van der Waals surface area contributed by atoms with Crippen molar-refractivity contribution in [1.29, 1.82) is 0 Å². The molecule has 1 aromatic heterocycles. The highest BCUT2D eigenvalue weighted by molar-refractivity contribution is 7.98. The van der Waals surface area contributed by atoms with Gasteiger partial charge in [-0.3, -0.25) is 4.79 Å². The predicted molar refractivity (Wildman–Crippen MR) is 67.0 cm³/mol. The van der Waals surface area contributed by atoms with Crippen LogP contribution < -0.4 is 16.0 Å². The molecule has 0 aliphatic carbocycles. The van der Waals surface area contributed by atoms with Gasteiger partial charge in [0.1, 0.15) is 23.2 Å². The average Bonchev–Trinajstić information content (AvgIpc) is 2.39. The first-order valence-electron chi connectivity index (χ1n) is 5.35. The van der Waals surface area contributed by atoms with Crippen molar-refractivity contribution in [2.75, 3.05) is 30.8 Å². The maximum absolute atomic E-state index is 11.4. The molecule has 1 atom stereocenters. The van der Waals surface area contributed by atoms with Gasteiger partial charge in [0, 0.05) is 25.7 Å². The van der Waals surface area contributed by atoms with Crippen molar-refractivity contribution < 1.29 is 4.79 Å². The molecule has 0 bridgehead atoms. The lowest BCUT2D eigenvalue weighted by molar-refractivity contribution is -0.119. The van der Waals surface area contributed by atoms with Crippen LogP contribution in [0.1, 0.15) is 0 Å². The summed E-state index contributed by atoms with van der Waals surface area (Å²) in [5, 5.41) is 4.04. The number of nitrogens with one attached hydrogen (secondary N) is 1. The van der Waals surface area contributed by atoms with Crippen molar-refractivity contribution in [2.45, 2.75) is 11.1 Å². The SMILES string of the molecule is CSc1cc(N2CCNCC2C(N)=O)ncn1. The Balaban J connectivity index is 2.26. The van der Waals surface area contributed by atoms with Gasteiger partial charge in [0.2, 0.25) is 5.91 Å². The third-order valence-corrected chi connectivity index (χ3v) is 3.34. The number of hydrogen-bond acceptors (Lipinski definition) is 6. The summed E-state index contributed by atoms with van der Waals surface area (Å²) in [6.45, 7) is 2.11. The molecule has 6 nitrogen and oxygen atoms in total. The van der Waals surface area contributed by atoms with Crippen LogP contribution in [-0.4, -0.2) is 47.8 Å². The van der Waals surface area contributed by atoms with E-state index in [1.54, 1.807) is 11.8 Å². The van der Waals surface area contributed by atoms with E-state index in [2.05, 4.69) is 15.3 Å². The number of rotatable bonds is 3. The minimum Gasteiger partial charge on any atom is -0.368 e. The Hall–Kier alpha value is -1.34. The van der Waals surface area contributed by atoms with E-state index in [9.17, 15) is 4.79 Å². The smallest absolute Gasteiger partial charge is 0.241 e. The van der Waals surface area contributed by atoms with Gasteiger partial charge in [0.25, 0.3) is 0 Å². The van der Waals surface area contributed by atoms with E-state index in [1.807, 2.05) is 17.2 Å². The summed E-state index contributed by atoms with van der Waals surface area (Å²) in [5.41, 5.74) is 5.40. The van der Waals surface area contributed by atoms with E-state index in [0.29, 0.717) is 6.54 Å². The number of hydrogen-bond donors (Lipinski definition) is 2. The summed E-state index contributed by atoms with van der Waals surface area (Å²) in [7, 11) is 0. The molecule has 3 N–H and O–H groups in total. The number of piperazine rings is 1. The zero-order valence-electron chi connectivity index (χ0n) is 9.59. The monoisotopic (exact) mass is 253 g/mol. The van der Waals surface area contributed by atoms with E-state index >= 15 is 0 Å². The number of thioether (sulfide) groups is 1. The van der Waals surface area contributed by atoms with Crippen LogP contribution in [0.15, 0.2) is 17.4 Å². The third kappa shape index (κ3) is 2.67. The highest BCUT2D eigenvalue weighted by Gasteiger charge is 2.27. The number of carbonyl (C=O) groups excluding carboxylic acids is 1. The quantitative estimate of drug-likeness (QED) is 0.556. The zero-order chi connectivity index (χ0) is 12.3. The number of aromatic nitrogens is 2. The summed E-state index contributed by atoms with van der Waals surface area (Å²) >= 11 is 1.55. The molecule has 0 spiro atoms. The first-order valence-corrected chi connectivity index (χ1v) is 6.57. The van der Waals surface area contributed by atoms with E-state index in [0.717, 1.165) is 23.9 Å². The van der Waals surface area contributed by atoms with Crippen molar-refractivity contribution in [3.8, 4) is 0 Å². The minimum atomic E-state index is -0.339. The van der Waals surface area contributed by atoms with E-state index in [4.69, 9.17) is 5.73 Å². The summed E-state index contributed by atoms with van der Waals surface area (Å²) < 4.78 is 0. The van der Waals surface area contributed by atoms with E-state index < -0.39 is 0 Å². The van der Waals surface area contributed by atoms with Gasteiger partial charge in [0.05, 0.1) is 0 Å². The first kappa shape index (κ1) is 12.1. The van der Waals surface area contributed by atoms with Crippen molar-refractivity contribution in [3.05, 3.63) is 12.4 Å². The lowest BCUT2D eigenvalue weighted by atomic mass is 10.2. The largest absolute Gasteiger partial charge is 0.368 e. The van der Waals surface area contributed by atoms with Crippen LogP contribution in [0.2, 0.25) is 0 Å². The number of anilines is 1. The van der Waals surface area contributed by atoms with E-state index in [-0.39, 0.29) is 11.9 Å². The summed E-state index contributed by atoms with van der Waals surface area (Å²) in [6, 6.07) is 1.54. The Morgan fingerprint density at radius 1 is 1.65 bits per heavy atom. The van der Waals surface area contributed by atoms with Gasteiger partial charge in [-0.15, -0.1) is 11.8 Å². The minimum absolute atomic E-state index is 0.332. The number of nitrogens with zero attached hydrogens (tertiary/aromatic N) is 3. The van der Waals surface area contributed by atoms with Crippen molar-refractivity contribution in [2.24, 2.45) is 5.73 Å². The second-order valence-electron chi connectivity index (χ2n) is 3.73. The Kier molecular flexibility index (Phi) is 3.80. The molecule has 1 amide bonds. The molecule has 2 heterocycles. The topological polar surface area (TPSA) is 84.1 Å². The molecule has 1 unspecified atom stereocenters. The molecule has 17 heavy (non-hydrogen) atoms. The molecule has 0 saturated carbocycles. The predicted octanol–water partition coefficient (Wildman–Crippen LogP) is -0.538. The maximum atomic E-state index is 11.4. The molecule has 0 aromatic carbocycles. The summed E-state index contributed by atoms with van der Waals surface area (Å²) in [5.74, 6) is 0.427. The Morgan fingerprint density at radius 2 is 2.47 bits per heavy atom. The van der Waals surface area contributed by atoms with E-state index in [1.165, 1.54) is 6.33 Å². The van der Waals surface area contributed by atoms with Crippen LogP contribution in [0.4, 0.5) is 5.82 Å². The van der Waals surface area contributed by atoms with Gasteiger partial charge in [-0.1, -0.05) is 0 Å². The average molecular weight is 253 g/mol. The molecule has 0 radical (unpaired) electrons. The summed E-state index contributed by atoms with van der Waals surface area (Å²) in [6.07, 6.45) is 3.47. The molecule has 1 saturated heterocycles. The molecule has 1 aliphatic rings. The Morgan fingerprint density at radius 3 is 3.18 bits per heavy atom. The van der Waals surface area contributed by atoms with Gasteiger partial charge < -0.3 is 16.0 Å². The first-order chi connectivity index (χ1) is 8.22. The molecule has 92 valence electrons. The standard InChI is InChI=1S/C10H15N5OS/c1-17-9-4-8(13-6-14-9)15-3-2-12-5-7(15)10(11)16/h4,6-7,12H,2-3,5H2,1H3,(H2,11,16). The van der Waals surface area contributed by atoms with Crippen LogP contribution in [0, 0.1) is 0 Å². The van der Waals surface area contributed by atoms with Crippen LogP contribution in [-0.2, 0) is 4.79 Å². The maximum Gasteiger partial charge on any atom is 0.241 e. The Labute approximate surface area is 104 Å². The van der Waals surface area contributed by atoms with Gasteiger partial charge >= 0.3 is 0 Å². The normalized spacial score (nSPS) is 20.3. The second-order valence-corrected chi connectivity index (χ2v) is 4.56. The zero-order valence-corrected chi connectivity index (χ0v) is 10.4. The second kappa shape index (κ2) is 5.33. The van der Waals surface area contributed by atoms with Crippen molar-refractivity contribution >= 4 is 23.5 Å². The fourth-order valence-corrected chi connectivity index (χ4v) is 2.21. The van der Waals surface area contributed by atoms with Crippen molar-refractivity contribution in [3.63, 3.8) is 0 Å². The lowest BCUT2D eigenvalue weighted by Gasteiger charge is -2.35. The summed E-state index contributed by atoms with van der Waals surface area (Å²) in [4.78, 5) is 21.6. The number of nitrogens with two attached hydrogens (primary N) is 1. The van der Waals surface area contributed by atoms with Gasteiger partial charge in [-0.2, -0.15) is 0 Å². The molecule has 1 fully saturated rings. The van der Waals surface area contributed by atoms with Crippen LogP contribution in [0.5, 0.6) is 0 Å². The molecule has 2 rings (SSSR count). The van der Waals surface area contributed by atoms with Crippen LogP contribution in [0.3, 0.4) is 0 Å². The fraction of sp³-hybridized carbons (Fsp3) is 0.500. The van der Waals surface area contributed by atoms with Crippen LogP contribution in [0.25, 0.3) is 0 Å². The number of carbonyl (C=O) groups is 1. The Bertz CT molecular complexity index is 413. The molecule has 1 aromatic rings. The lowest BCUT2D eigenvalue weighted by Crippen LogP contribution is -2.57. The van der Waals surface area contributed by atoms with Gasteiger partial charge in [0.15, 0.2) is 0 Å². The highest BCUT2D eigenvalue weighted by Crippen LogP contribution is 2.19. The number of primary amides is 1. The van der Waals surface area contributed by atoms with Gasteiger partial charge in [-0.25, -0.2) is 9.97 Å². The molecular formula is C10H15N5OS. The highest BCUT2D eigenvalue weighted by atomic mass is 32.2. The molecular weight excluding hydrogens is 238 g/mol. The van der Waals surface area contributed by atoms with Gasteiger partial charge in [-0.05, 0) is 6.26 Å². The van der Waals surface area contributed by atoms with Crippen LogP contribution >= 0.6 is 11.8 Å². The third-order valence-electron chi connectivity index (χ3n) is 2.70. The van der Waals surface area contributed by atoms with Crippen molar-refractivity contribution in [1.82, 2.24) is 15.3 Å². The number of amides is 1. The fourth-order valence-electron chi connectivity index (χ4n) is 1.83. The molecule has 1 aliphatic heterocycles.